The molecule has 2 N–H and O–H groups in total. The number of amides is 2. The minimum Gasteiger partial charge on any atom is -0.444 e. The van der Waals surface area contributed by atoms with Gasteiger partial charge >= 0.3 is 6.09 Å². The van der Waals surface area contributed by atoms with Crippen LogP contribution in [0.25, 0.3) is 4.85 Å². The molecule has 0 aromatic heterocycles. The summed E-state index contributed by atoms with van der Waals surface area (Å²) in [6, 6.07) is 5.01. The molecule has 3 rings (SSSR count). The number of nitrogens with zero attached hydrogens (tertiary/aromatic N) is 1. The standard InChI is InChI=1S/C25H35N3O3/c1-25(2,3)31-24(30)28-22(15-17-9-6-5-7-10-17)23(29)27-21-12-8-11-18-16-19(26-4)13-14-20(18)21/h13-14,16-17,21-22H,5-12,15H2,1-3H3,(H,27,29)(H,28,30)/t21-,22?/m1/s1. The number of carbonyl (C=O) groups excluding carboxylic acids is 2. The molecule has 0 heterocycles. The van der Waals surface area contributed by atoms with E-state index in [4.69, 9.17) is 11.3 Å². The van der Waals surface area contributed by atoms with Gasteiger partial charge in [-0.15, -0.1) is 0 Å². The number of fused-ring (bicyclic) bond motifs is 1. The highest BCUT2D eigenvalue weighted by Gasteiger charge is 2.30. The third-order valence-electron chi connectivity index (χ3n) is 6.19. The molecule has 6 heteroatoms. The number of aryl methyl sites for hydroxylation is 1. The fourth-order valence-corrected chi connectivity index (χ4v) is 4.73. The zero-order valence-electron chi connectivity index (χ0n) is 19.0. The van der Waals surface area contributed by atoms with E-state index in [1.165, 1.54) is 19.3 Å². The summed E-state index contributed by atoms with van der Waals surface area (Å²) < 4.78 is 5.42. The molecule has 0 radical (unpaired) electrons. The quantitative estimate of drug-likeness (QED) is 0.604. The Morgan fingerprint density at radius 2 is 1.90 bits per heavy atom. The van der Waals surface area contributed by atoms with Crippen LogP contribution in [0.2, 0.25) is 0 Å². The number of ether oxygens (including phenoxy) is 1. The summed E-state index contributed by atoms with van der Waals surface area (Å²) in [5.41, 5.74) is 2.24. The van der Waals surface area contributed by atoms with Crippen molar-refractivity contribution in [2.45, 2.75) is 96.2 Å². The van der Waals surface area contributed by atoms with E-state index in [0.717, 1.165) is 43.2 Å². The van der Waals surface area contributed by atoms with Crippen LogP contribution in [0.5, 0.6) is 0 Å². The van der Waals surface area contributed by atoms with Gasteiger partial charge in [0.2, 0.25) is 5.91 Å². The van der Waals surface area contributed by atoms with Crippen LogP contribution < -0.4 is 10.6 Å². The van der Waals surface area contributed by atoms with Crippen molar-refractivity contribution in [1.29, 1.82) is 0 Å². The molecular formula is C25H35N3O3. The first-order valence-electron chi connectivity index (χ1n) is 11.6. The van der Waals surface area contributed by atoms with Crippen LogP contribution in [0.4, 0.5) is 10.5 Å². The summed E-state index contributed by atoms with van der Waals surface area (Å²) in [5, 5.41) is 6.02. The normalized spacial score (nSPS) is 20.1. The second-order valence-corrected chi connectivity index (χ2v) is 9.89. The van der Waals surface area contributed by atoms with Crippen molar-refractivity contribution in [3.63, 3.8) is 0 Å². The molecule has 2 amide bonds. The van der Waals surface area contributed by atoms with Crippen molar-refractivity contribution >= 4 is 17.7 Å². The smallest absolute Gasteiger partial charge is 0.408 e. The average Bonchev–Trinajstić information content (AvgIpc) is 2.72. The van der Waals surface area contributed by atoms with Crippen LogP contribution in [0.15, 0.2) is 18.2 Å². The molecule has 1 unspecified atom stereocenters. The van der Waals surface area contributed by atoms with Crippen LogP contribution in [-0.4, -0.2) is 23.6 Å². The number of hydrogen-bond acceptors (Lipinski definition) is 3. The molecule has 1 aromatic carbocycles. The largest absolute Gasteiger partial charge is 0.444 e. The molecule has 1 aromatic rings. The van der Waals surface area contributed by atoms with Crippen molar-refractivity contribution in [3.05, 3.63) is 40.7 Å². The van der Waals surface area contributed by atoms with Gasteiger partial charge in [0.15, 0.2) is 5.69 Å². The van der Waals surface area contributed by atoms with E-state index in [9.17, 15) is 9.59 Å². The number of carbonyl (C=O) groups is 2. The fourth-order valence-electron chi connectivity index (χ4n) is 4.73. The Morgan fingerprint density at radius 1 is 1.16 bits per heavy atom. The lowest BCUT2D eigenvalue weighted by atomic mass is 9.84. The molecule has 2 aliphatic rings. The van der Waals surface area contributed by atoms with Crippen LogP contribution >= 0.6 is 0 Å². The summed E-state index contributed by atoms with van der Waals surface area (Å²) >= 11 is 0. The average molecular weight is 426 g/mol. The molecule has 0 saturated heterocycles. The van der Waals surface area contributed by atoms with Crippen molar-refractivity contribution in [3.8, 4) is 0 Å². The number of alkyl carbamates (subject to hydrolysis) is 1. The van der Waals surface area contributed by atoms with Crippen molar-refractivity contribution < 1.29 is 14.3 Å². The Labute approximate surface area is 185 Å². The first-order valence-corrected chi connectivity index (χ1v) is 11.6. The summed E-state index contributed by atoms with van der Waals surface area (Å²) in [6.07, 6.45) is 8.67. The number of rotatable bonds is 5. The highest BCUT2D eigenvalue weighted by atomic mass is 16.6. The maximum absolute atomic E-state index is 13.3. The van der Waals surface area contributed by atoms with Crippen LogP contribution in [-0.2, 0) is 16.0 Å². The van der Waals surface area contributed by atoms with Crippen molar-refractivity contribution in [2.75, 3.05) is 0 Å². The van der Waals surface area contributed by atoms with E-state index in [2.05, 4.69) is 15.5 Å². The van der Waals surface area contributed by atoms with Gasteiger partial charge in [0, 0.05) is 0 Å². The van der Waals surface area contributed by atoms with Gasteiger partial charge < -0.3 is 15.4 Å². The molecule has 6 nitrogen and oxygen atoms in total. The van der Waals surface area contributed by atoms with Gasteiger partial charge in [0.05, 0.1) is 12.6 Å². The van der Waals surface area contributed by atoms with E-state index < -0.39 is 17.7 Å². The lowest BCUT2D eigenvalue weighted by molar-refractivity contribution is -0.124. The molecule has 168 valence electrons. The molecule has 0 spiro atoms. The molecule has 0 bridgehead atoms. The van der Waals surface area contributed by atoms with Gasteiger partial charge in [-0.25, -0.2) is 9.64 Å². The Balaban J connectivity index is 1.72. The first-order chi connectivity index (χ1) is 14.7. The zero-order valence-corrected chi connectivity index (χ0v) is 19.0. The predicted octanol–water partition coefficient (Wildman–Crippen LogP) is 5.59. The monoisotopic (exact) mass is 425 g/mol. The van der Waals surface area contributed by atoms with Gasteiger partial charge in [-0.3, -0.25) is 4.79 Å². The summed E-state index contributed by atoms with van der Waals surface area (Å²) in [5.74, 6) is 0.294. The van der Waals surface area contributed by atoms with Crippen LogP contribution in [0.1, 0.15) is 89.3 Å². The van der Waals surface area contributed by atoms with E-state index >= 15 is 0 Å². The molecule has 31 heavy (non-hydrogen) atoms. The highest BCUT2D eigenvalue weighted by molar-refractivity contribution is 5.86. The van der Waals surface area contributed by atoms with E-state index in [-0.39, 0.29) is 11.9 Å². The van der Waals surface area contributed by atoms with Crippen molar-refractivity contribution in [1.82, 2.24) is 10.6 Å². The van der Waals surface area contributed by atoms with Gasteiger partial charge in [0.1, 0.15) is 11.6 Å². The van der Waals surface area contributed by atoms with Crippen LogP contribution in [0, 0.1) is 12.5 Å². The van der Waals surface area contributed by atoms with Gasteiger partial charge in [-0.1, -0.05) is 55.9 Å². The van der Waals surface area contributed by atoms with E-state index in [0.29, 0.717) is 18.0 Å². The van der Waals surface area contributed by atoms with Crippen molar-refractivity contribution in [2.24, 2.45) is 5.92 Å². The first kappa shape index (κ1) is 23.1. The Kier molecular flexibility index (Phi) is 7.59. The third kappa shape index (κ3) is 6.72. The maximum Gasteiger partial charge on any atom is 0.408 e. The topological polar surface area (TPSA) is 71.8 Å². The van der Waals surface area contributed by atoms with E-state index in [1.54, 1.807) is 0 Å². The summed E-state index contributed by atoms with van der Waals surface area (Å²) in [6.45, 7) is 12.7. The lowest BCUT2D eigenvalue weighted by Crippen LogP contribution is -2.50. The Hall–Kier alpha value is -2.55. The molecule has 2 aliphatic carbocycles. The van der Waals surface area contributed by atoms with Gasteiger partial charge in [-0.05, 0) is 57.9 Å². The maximum atomic E-state index is 13.3. The Bertz CT molecular complexity index is 831. The molecule has 1 saturated carbocycles. The molecule has 1 fully saturated rings. The molecule has 2 atom stereocenters. The Morgan fingerprint density at radius 3 is 2.58 bits per heavy atom. The van der Waals surface area contributed by atoms with E-state index in [1.807, 2.05) is 39.0 Å². The predicted molar refractivity (Wildman–Crippen MR) is 121 cm³/mol. The second-order valence-electron chi connectivity index (χ2n) is 9.89. The van der Waals surface area contributed by atoms with Gasteiger partial charge in [0.25, 0.3) is 0 Å². The molecule has 0 aliphatic heterocycles. The minimum atomic E-state index is -0.612. The fraction of sp³-hybridized carbons (Fsp3) is 0.640. The molecular weight excluding hydrogens is 390 g/mol. The number of nitrogens with one attached hydrogen (secondary N) is 2. The number of hydrogen-bond donors (Lipinski definition) is 2. The minimum absolute atomic E-state index is 0.0923. The van der Waals surface area contributed by atoms with Gasteiger partial charge in [-0.2, -0.15) is 0 Å². The SMILES string of the molecule is [C-]#[N+]c1ccc2c(c1)CCC[C@H]2NC(=O)C(CC1CCCCC1)NC(=O)OC(C)(C)C. The third-order valence-corrected chi connectivity index (χ3v) is 6.19. The summed E-state index contributed by atoms with van der Waals surface area (Å²) in [7, 11) is 0. The number of benzene rings is 1. The second kappa shape index (κ2) is 10.2. The highest BCUT2D eigenvalue weighted by Crippen LogP contribution is 2.33. The zero-order chi connectivity index (χ0) is 22.4. The summed E-state index contributed by atoms with van der Waals surface area (Å²) in [4.78, 5) is 29.2. The van der Waals surface area contributed by atoms with Crippen LogP contribution in [0.3, 0.4) is 0 Å². The lowest BCUT2D eigenvalue weighted by Gasteiger charge is -2.31.